The molecule has 126 valence electrons. The number of nitrogens with one attached hydrogen (secondary N) is 2. The molecule has 2 aromatic heterocycles. The Hall–Kier alpha value is -3.41. The van der Waals surface area contributed by atoms with E-state index in [1.165, 1.54) is 12.5 Å². The van der Waals surface area contributed by atoms with Gasteiger partial charge in [-0.3, -0.25) is 9.59 Å². The Morgan fingerprint density at radius 1 is 1.12 bits per heavy atom. The molecule has 6 heteroatoms. The predicted molar refractivity (Wildman–Crippen MR) is 96.5 cm³/mol. The van der Waals surface area contributed by atoms with Crippen molar-refractivity contribution in [1.29, 1.82) is 0 Å². The summed E-state index contributed by atoms with van der Waals surface area (Å²) in [7, 11) is 0. The molecule has 0 aliphatic rings. The highest BCUT2D eigenvalue weighted by Crippen LogP contribution is 2.07. The van der Waals surface area contributed by atoms with Crippen LogP contribution in [0.25, 0.3) is 18.2 Å². The van der Waals surface area contributed by atoms with Gasteiger partial charge in [0.2, 0.25) is 0 Å². The molecule has 0 unspecified atom stereocenters. The van der Waals surface area contributed by atoms with Gasteiger partial charge in [-0.1, -0.05) is 37.8 Å². The quantitative estimate of drug-likeness (QED) is 0.741. The van der Waals surface area contributed by atoms with Crippen molar-refractivity contribution in [3.63, 3.8) is 0 Å². The second-order valence-corrected chi connectivity index (χ2v) is 5.41. The van der Waals surface area contributed by atoms with Crippen LogP contribution in [0.2, 0.25) is 0 Å². The van der Waals surface area contributed by atoms with E-state index in [1.54, 1.807) is 12.2 Å². The Labute approximate surface area is 142 Å². The van der Waals surface area contributed by atoms with Crippen LogP contribution in [0, 0.1) is 0 Å². The zero-order chi connectivity index (χ0) is 17.8. The monoisotopic (exact) mass is 335 g/mol. The summed E-state index contributed by atoms with van der Waals surface area (Å²) in [6.45, 7) is 5.63. The van der Waals surface area contributed by atoms with Crippen molar-refractivity contribution in [2.24, 2.45) is 0 Å². The molecule has 3 aromatic rings. The van der Waals surface area contributed by atoms with E-state index in [9.17, 15) is 9.59 Å². The molecule has 2 heterocycles. The van der Waals surface area contributed by atoms with Gasteiger partial charge in [-0.25, -0.2) is 4.98 Å². The standard InChI is InChI=1S/C19H17N3O3/c1-3-12-6-5-7-13(8-12)9-15-18(23)22-16(19(24)21-15)10-14-17(4-2)25-11-20-14/h3,5-11H,1,4H2,2H3,(H,21,24)(H,22,23)/b15-9-,16-10-. The molecule has 0 saturated heterocycles. The van der Waals surface area contributed by atoms with Crippen molar-refractivity contribution in [2.75, 3.05) is 0 Å². The molecule has 0 bridgehead atoms. The van der Waals surface area contributed by atoms with Crippen molar-refractivity contribution in [1.82, 2.24) is 15.0 Å². The summed E-state index contributed by atoms with van der Waals surface area (Å²) >= 11 is 0. The summed E-state index contributed by atoms with van der Waals surface area (Å²) in [4.78, 5) is 33.8. The number of nitrogens with zero attached hydrogens (tertiary/aromatic N) is 1. The van der Waals surface area contributed by atoms with E-state index in [4.69, 9.17) is 4.42 Å². The normalized spacial score (nSPS) is 12.5. The van der Waals surface area contributed by atoms with Gasteiger partial charge >= 0.3 is 0 Å². The molecule has 25 heavy (non-hydrogen) atoms. The lowest BCUT2D eigenvalue weighted by atomic mass is 10.1. The zero-order valence-electron chi connectivity index (χ0n) is 13.7. The van der Waals surface area contributed by atoms with Crippen molar-refractivity contribution >= 4 is 18.2 Å². The van der Waals surface area contributed by atoms with Crippen LogP contribution in [-0.2, 0) is 6.42 Å². The minimum absolute atomic E-state index is 0.130. The maximum Gasteiger partial charge on any atom is 0.272 e. The Kier molecular flexibility index (Phi) is 4.61. The first-order valence-electron chi connectivity index (χ1n) is 7.81. The predicted octanol–water partition coefficient (Wildman–Crippen LogP) is 0.914. The molecule has 0 spiro atoms. The van der Waals surface area contributed by atoms with Gasteiger partial charge in [-0.15, -0.1) is 0 Å². The highest BCUT2D eigenvalue weighted by molar-refractivity contribution is 5.56. The fourth-order valence-electron chi connectivity index (χ4n) is 2.44. The molecule has 6 nitrogen and oxygen atoms in total. The molecule has 3 rings (SSSR count). The SMILES string of the molecule is C=Cc1cccc(/C=c2\[nH]c(=O)/c(=C/c3ncoc3CC)[nH]c2=O)c1. The molecule has 0 radical (unpaired) electrons. The van der Waals surface area contributed by atoms with Gasteiger partial charge in [-0.05, 0) is 29.3 Å². The number of aromatic nitrogens is 3. The molecule has 0 aliphatic heterocycles. The van der Waals surface area contributed by atoms with E-state index in [0.29, 0.717) is 17.9 Å². The van der Waals surface area contributed by atoms with E-state index in [1.807, 2.05) is 31.2 Å². The van der Waals surface area contributed by atoms with Gasteiger partial charge in [0.1, 0.15) is 22.2 Å². The number of oxazole rings is 1. The third-order valence-electron chi connectivity index (χ3n) is 3.72. The fourth-order valence-corrected chi connectivity index (χ4v) is 2.44. The summed E-state index contributed by atoms with van der Waals surface area (Å²) in [5, 5.41) is 0.310. The third-order valence-corrected chi connectivity index (χ3v) is 3.72. The number of hydrogen-bond donors (Lipinski definition) is 2. The smallest absolute Gasteiger partial charge is 0.272 e. The van der Waals surface area contributed by atoms with Crippen LogP contribution in [0.1, 0.15) is 29.5 Å². The zero-order valence-corrected chi connectivity index (χ0v) is 13.7. The number of hydrogen-bond acceptors (Lipinski definition) is 4. The maximum absolute atomic E-state index is 12.3. The highest BCUT2D eigenvalue weighted by Gasteiger charge is 2.04. The number of aromatic amines is 2. The van der Waals surface area contributed by atoms with E-state index < -0.39 is 11.1 Å². The summed E-state index contributed by atoms with van der Waals surface area (Å²) in [5.41, 5.74) is 1.45. The first kappa shape index (κ1) is 16.4. The van der Waals surface area contributed by atoms with Gasteiger partial charge in [0.25, 0.3) is 11.1 Å². The summed E-state index contributed by atoms with van der Waals surface area (Å²) < 4.78 is 5.22. The Bertz CT molecular complexity index is 1150. The molecular formula is C19H17N3O3. The lowest BCUT2D eigenvalue weighted by Gasteiger charge is -1.96. The number of aryl methyl sites for hydroxylation is 1. The highest BCUT2D eigenvalue weighted by atomic mass is 16.3. The van der Waals surface area contributed by atoms with Gasteiger partial charge < -0.3 is 14.4 Å². The van der Waals surface area contributed by atoms with E-state index in [-0.39, 0.29) is 10.7 Å². The number of H-pyrrole nitrogens is 2. The van der Waals surface area contributed by atoms with Crippen molar-refractivity contribution in [3.8, 4) is 0 Å². The van der Waals surface area contributed by atoms with Gasteiger partial charge in [0.05, 0.1) is 0 Å². The fraction of sp³-hybridized carbons (Fsp3) is 0.105. The molecule has 0 fully saturated rings. The Morgan fingerprint density at radius 3 is 2.48 bits per heavy atom. The molecular weight excluding hydrogens is 318 g/mol. The van der Waals surface area contributed by atoms with Crippen LogP contribution >= 0.6 is 0 Å². The third kappa shape index (κ3) is 3.58. The van der Waals surface area contributed by atoms with E-state index in [0.717, 1.165) is 11.1 Å². The average Bonchev–Trinajstić information content (AvgIpc) is 3.06. The summed E-state index contributed by atoms with van der Waals surface area (Å²) in [6.07, 6.45) is 6.78. The Morgan fingerprint density at radius 2 is 1.80 bits per heavy atom. The second kappa shape index (κ2) is 7.00. The molecule has 0 atom stereocenters. The first-order chi connectivity index (χ1) is 12.1. The van der Waals surface area contributed by atoms with E-state index >= 15 is 0 Å². The molecule has 0 saturated carbocycles. The first-order valence-corrected chi connectivity index (χ1v) is 7.81. The minimum Gasteiger partial charge on any atom is -0.448 e. The largest absolute Gasteiger partial charge is 0.448 e. The molecule has 0 aliphatic carbocycles. The van der Waals surface area contributed by atoms with Crippen LogP contribution in [0.4, 0.5) is 0 Å². The summed E-state index contributed by atoms with van der Waals surface area (Å²) in [6, 6.07) is 7.47. The van der Waals surface area contributed by atoms with Crippen molar-refractivity contribution in [2.45, 2.75) is 13.3 Å². The van der Waals surface area contributed by atoms with Crippen LogP contribution in [0.3, 0.4) is 0 Å². The minimum atomic E-state index is -0.407. The molecule has 2 N–H and O–H groups in total. The second-order valence-electron chi connectivity index (χ2n) is 5.41. The average molecular weight is 335 g/mol. The van der Waals surface area contributed by atoms with Gasteiger partial charge in [0, 0.05) is 6.42 Å². The van der Waals surface area contributed by atoms with Crippen LogP contribution in [0.15, 0.2) is 51.2 Å². The van der Waals surface area contributed by atoms with Gasteiger partial charge in [-0.2, -0.15) is 0 Å². The van der Waals surface area contributed by atoms with Crippen molar-refractivity contribution < 1.29 is 4.42 Å². The van der Waals surface area contributed by atoms with Gasteiger partial charge in [0.15, 0.2) is 6.39 Å². The van der Waals surface area contributed by atoms with Crippen LogP contribution in [-0.4, -0.2) is 15.0 Å². The summed E-state index contributed by atoms with van der Waals surface area (Å²) in [5.74, 6) is 0.650. The van der Waals surface area contributed by atoms with Crippen molar-refractivity contribution in [3.05, 3.63) is 91.2 Å². The molecule has 0 amide bonds. The lowest BCUT2D eigenvalue weighted by molar-refractivity contribution is 0.509. The van der Waals surface area contributed by atoms with Crippen LogP contribution in [0.5, 0.6) is 0 Å². The number of benzene rings is 1. The maximum atomic E-state index is 12.3. The number of rotatable bonds is 4. The van der Waals surface area contributed by atoms with E-state index in [2.05, 4.69) is 21.5 Å². The Balaban J connectivity index is 2.12. The van der Waals surface area contributed by atoms with Crippen LogP contribution < -0.4 is 21.8 Å². The molecule has 1 aromatic carbocycles. The topological polar surface area (TPSA) is 91.8 Å². The lowest BCUT2D eigenvalue weighted by Crippen LogP contribution is -2.46.